The van der Waals surface area contributed by atoms with E-state index in [9.17, 15) is 18.0 Å². The van der Waals surface area contributed by atoms with Gasteiger partial charge in [0, 0.05) is 13.1 Å². The molecule has 1 fully saturated rings. The summed E-state index contributed by atoms with van der Waals surface area (Å²) in [7, 11) is -3.61. The highest BCUT2D eigenvalue weighted by atomic mass is 32.2. The lowest BCUT2D eigenvalue weighted by Gasteiger charge is -2.34. The summed E-state index contributed by atoms with van der Waals surface area (Å²) in [5.41, 5.74) is -0.494. The van der Waals surface area contributed by atoms with E-state index in [1.807, 2.05) is 13.8 Å². The molecule has 1 aromatic rings. The Morgan fingerprint density at radius 3 is 2.11 bits per heavy atom. The van der Waals surface area contributed by atoms with Gasteiger partial charge in [-0.1, -0.05) is 13.8 Å². The lowest BCUT2D eigenvalue weighted by atomic mass is 9.94. The molecule has 156 valence electrons. The molecule has 1 saturated heterocycles. The molecule has 2 unspecified atom stereocenters. The van der Waals surface area contributed by atoms with Gasteiger partial charge in [-0.15, -0.1) is 0 Å². The SMILES string of the molecule is CC1CC(C)CN(S(=O)(=O)c2ccc(C(=O)OCC(=O)OC(C)(C)C)cc2)C1. The standard InChI is InChI=1S/C20H29NO6S/c1-14-10-15(2)12-21(11-14)28(24,25)17-8-6-16(7-9-17)19(23)26-13-18(22)27-20(3,4)5/h6-9,14-15H,10-13H2,1-5H3. The summed E-state index contributed by atoms with van der Waals surface area (Å²) in [6, 6.07) is 5.56. The highest BCUT2D eigenvalue weighted by molar-refractivity contribution is 7.89. The number of sulfonamides is 1. The van der Waals surface area contributed by atoms with Crippen molar-refractivity contribution in [2.24, 2.45) is 11.8 Å². The molecular formula is C20H29NO6S. The van der Waals surface area contributed by atoms with Gasteiger partial charge in [-0.2, -0.15) is 4.31 Å². The second-order valence-corrected chi connectivity index (χ2v) is 10.4. The van der Waals surface area contributed by atoms with Crippen LogP contribution in [0, 0.1) is 11.8 Å². The van der Waals surface area contributed by atoms with Crippen molar-refractivity contribution < 1.29 is 27.5 Å². The fourth-order valence-electron chi connectivity index (χ4n) is 3.29. The molecule has 0 amide bonds. The van der Waals surface area contributed by atoms with Crippen molar-refractivity contribution in [2.75, 3.05) is 19.7 Å². The topological polar surface area (TPSA) is 90.0 Å². The van der Waals surface area contributed by atoms with E-state index in [1.165, 1.54) is 28.6 Å². The van der Waals surface area contributed by atoms with Crippen LogP contribution in [0.3, 0.4) is 0 Å². The maximum atomic E-state index is 12.9. The van der Waals surface area contributed by atoms with E-state index in [-0.39, 0.29) is 10.5 Å². The summed E-state index contributed by atoms with van der Waals surface area (Å²) in [5, 5.41) is 0. The predicted octanol–water partition coefficient (Wildman–Crippen LogP) is 2.85. The van der Waals surface area contributed by atoms with Crippen molar-refractivity contribution in [3.8, 4) is 0 Å². The number of carbonyl (C=O) groups is 2. The molecule has 7 nitrogen and oxygen atoms in total. The van der Waals surface area contributed by atoms with E-state index >= 15 is 0 Å². The average Bonchev–Trinajstić information content (AvgIpc) is 2.57. The van der Waals surface area contributed by atoms with E-state index in [0.717, 1.165) is 6.42 Å². The Hall–Kier alpha value is -1.93. The van der Waals surface area contributed by atoms with Gasteiger partial charge in [-0.05, 0) is 63.3 Å². The second-order valence-electron chi connectivity index (χ2n) is 8.46. The first kappa shape index (κ1) is 22.4. The molecule has 8 heteroatoms. The number of hydrogen-bond acceptors (Lipinski definition) is 6. The summed E-state index contributed by atoms with van der Waals surface area (Å²) in [4.78, 5) is 23.8. The zero-order chi connectivity index (χ0) is 21.1. The van der Waals surface area contributed by atoms with Crippen LogP contribution in [0.1, 0.15) is 51.4 Å². The number of rotatable bonds is 5. The summed E-state index contributed by atoms with van der Waals surface area (Å²) >= 11 is 0. The molecule has 1 aromatic carbocycles. The average molecular weight is 412 g/mol. The van der Waals surface area contributed by atoms with Crippen molar-refractivity contribution in [3.05, 3.63) is 29.8 Å². The first-order chi connectivity index (χ1) is 12.9. The van der Waals surface area contributed by atoms with Crippen molar-refractivity contribution in [1.82, 2.24) is 4.31 Å². The Kier molecular flexibility index (Phi) is 6.88. The van der Waals surface area contributed by atoms with Crippen LogP contribution in [0.25, 0.3) is 0 Å². The number of piperidine rings is 1. The highest BCUT2D eigenvalue weighted by Crippen LogP contribution is 2.26. The van der Waals surface area contributed by atoms with Crippen molar-refractivity contribution in [1.29, 1.82) is 0 Å². The van der Waals surface area contributed by atoms with Gasteiger partial charge < -0.3 is 9.47 Å². The monoisotopic (exact) mass is 411 g/mol. The fraction of sp³-hybridized carbons (Fsp3) is 0.600. The summed E-state index contributed by atoms with van der Waals surface area (Å²) < 4.78 is 37.2. The Morgan fingerprint density at radius 2 is 1.61 bits per heavy atom. The fourth-order valence-corrected chi connectivity index (χ4v) is 4.97. The number of carbonyl (C=O) groups excluding carboxylic acids is 2. The molecule has 0 saturated carbocycles. The molecule has 0 N–H and O–H groups in total. The molecule has 28 heavy (non-hydrogen) atoms. The molecule has 0 radical (unpaired) electrons. The van der Waals surface area contributed by atoms with E-state index in [4.69, 9.17) is 9.47 Å². The number of nitrogens with zero attached hydrogens (tertiary/aromatic N) is 1. The molecule has 0 bridgehead atoms. The number of hydrogen-bond donors (Lipinski definition) is 0. The third kappa shape index (κ3) is 6.04. The van der Waals surface area contributed by atoms with Crippen LogP contribution in [0.5, 0.6) is 0 Å². The van der Waals surface area contributed by atoms with Crippen LogP contribution < -0.4 is 0 Å². The van der Waals surface area contributed by atoms with Gasteiger partial charge in [-0.25, -0.2) is 18.0 Å². The smallest absolute Gasteiger partial charge is 0.344 e. The Labute approximate surface area is 167 Å². The Balaban J connectivity index is 2.02. The Morgan fingerprint density at radius 1 is 1.07 bits per heavy atom. The summed E-state index contributed by atoms with van der Waals surface area (Å²) in [6.45, 7) is 9.73. The van der Waals surface area contributed by atoms with Gasteiger partial charge in [0.15, 0.2) is 6.61 Å². The van der Waals surface area contributed by atoms with Crippen LogP contribution in [-0.2, 0) is 24.3 Å². The van der Waals surface area contributed by atoms with Gasteiger partial charge in [0.05, 0.1) is 10.5 Å². The molecule has 1 aliphatic heterocycles. The second kappa shape index (κ2) is 8.61. The van der Waals surface area contributed by atoms with E-state index in [0.29, 0.717) is 24.9 Å². The minimum absolute atomic E-state index is 0.137. The predicted molar refractivity (Wildman–Crippen MR) is 104 cm³/mol. The van der Waals surface area contributed by atoms with Gasteiger partial charge in [-0.3, -0.25) is 0 Å². The molecule has 1 heterocycles. The number of esters is 2. The zero-order valence-electron chi connectivity index (χ0n) is 17.1. The van der Waals surface area contributed by atoms with Gasteiger partial charge in [0.2, 0.25) is 10.0 Å². The summed E-state index contributed by atoms with van der Waals surface area (Å²) in [5.74, 6) is -0.746. The van der Waals surface area contributed by atoms with Crippen molar-refractivity contribution >= 4 is 22.0 Å². The molecule has 2 rings (SSSR count). The van der Waals surface area contributed by atoms with Crippen molar-refractivity contribution in [2.45, 2.75) is 51.5 Å². The largest absolute Gasteiger partial charge is 0.457 e. The molecular weight excluding hydrogens is 382 g/mol. The lowest BCUT2D eigenvalue weighted by Crippen LogP contribution is -2.42. The van der Waals surface area contributed by atoms with Gasteiger partial charge >= 0.3 is 11.9 Å². The van der Waals surface area contributed by atoms with Crippen molar-refractivity contribution in [3.63, 3.8) is 0 Å². The van der Waals surface area contributed by atoms with Crippen LogP contribution in [0.2, 0.25) is 0 Å². The third-order valence-corrected chi connectivity index (χ3v) is 6.15. The quantitative estimate of drug-likeness (QED) is 0.692. The van der Waals surface area contributed by atoms with Gasteiger partial charge in [0.1, 0.15) is 5.60 Å². The number of ether oxygens (including phenoxy) is 2. The minimum Gasteiger partial charge on any atom is -0.457 e. The molecule has 0 aliphatic carbocycles. The normalized spacial score (nSPS) is 21.2. The van der Waals surface area contributed by atoms with Gasteiger partial charge in [0.25, 0.3) is 0 Å². The first-order valence-corrected chi connectivity index (χ1v) is 10.8. The zero-order valence-corrected chi connectivity index (χ0v) is 17.9. The number of benzene rings is 1. The van der Waals surface area contributed by atoms with Crippen LogP contribution in [-0.4, -0.2) is 50.0 Å². The summed E-state index contributed by atoms with van der Waals surface area (Å²) in [6.07, 6.45) is 1.01. The maximum absolute atomic E-state index is 12.9. The van der Waals surface area contributed by atoms with Crippen LogP contribution in [0.4, 0.5) is 0 Å². The molecule has 2 atom stereocenters. The van der Waals surface area contributed by atoms with Crippen LogP contribution in [0.15, 0.2) is 29.2 Å². The highest BCUT2D eigenvalue weighted by Gasteiger charge is 2.31. The molecule has 0 aromatic heterocycles. The minimum atomic E-state index is -3.61. The van der Waals surface area contributed by atoms with E-state index in [1.54, 1.807) is 20.8 Å². The maximum Gasteiger partial charge on any atom is 0.344 e. The first-order valence-electron chi connectivity index (χ1n) is 9.37. The molecule has 1 aliphatic rings. The third-order valence-electron chi connectivity index (χ3n) is 4.30. The van der Waals surface area contributed by atoms with E-state index in [2.05, 4.69) is 0 Å². The van der Waals surface area contributed by atoms with Crippen LogP contribution >= 0.6 is 0 Å². The molecule has 0 spiro atoms. The Bertz CT molecular complexity index is 800. The van der Waals surface area contributed by atoms with E-state index < -0.39 is 34.2 Å². The lowest BCUT2D eigenvalue weighted by molar-refractivity contribution is -0.158.